The number of nitrogens with one attached hydrogen (secondary N) is 3. The van der Waals surface area contributed by atoms with Gasteiger partial charge in [-0.1, -0.05) is 56.7 Å². The van der Waals surface area contributed by atoms with Gasteiger partial charge in [-0.05, 0) is 42.0 Å². The van der Waals surface area contributed by atoms with Crippen molar-refractivity contribution >= 4 is 28.6 Å². The zero-order chi connectivity index (χ0) is 26.4. The van der Waals surface area contributed by atoms with Gasteiger partial charge in [0.2, 0.25) is 11.8 Å². The Hall–Kier alpha value is -3.65. The van der Waals surface area contributed by atoms with E-state index >= 15 is 0 Å². The Balaban J connectivity index is 1.32. The summed E-state index contributed by atoms with van der Waals surface area (Å²) >= 11 is 0. The summed E-state index contributed by atoms with van der Waals surface area (Å²) < 4.78 is 5.65. The third kappa shape index (κ3) is 4.07. The summed E-state index contributed by atoms with van der Waals surface area (Å²) in [6.07, 6.45) is 3.05. The highest BCUT2D eigenvalue weighted by Gasteiger charge is 2.49. The molecule has 2 aromatic carbocycles. The number of carbonyl (C=O) groups is 3. The van der Waals surface area contributed by atoms with Gasteiger partial charge in [-0.3, -0.25) is 14.4 Å². The number of ether oxygens (including phenoxy) is 1. The monoisotopic (exact) mass is 514 g/mol. The molecule has 0 saturated carbocycles. The predicted molar refractivity (Wildman–Crippen MR) is 144 cm³/mol. The van der Waals surface area contributed by atoms with Crippen LogP contribution in [-0.2, 0) is 20.7 Å². The summed E-state index contributed by atoms with van der Waals surface area (Å²) in [6, 6.07) is 13.8. The van der Waals surface area contributed by atoms with E-state index in [9.17, 15) is 14.4 Å². The number of carbonyl (C=O) groups excluding carboxylic acids is 3. The zero-order valence-corrected chi connectivity index (χ0v) is 21.8. The number of amides is 3. The summed E-state index contributed by atoms with van der Waals surface area (Å²) in [4.78, 5) is 46.1. The van der Waals surface area contributed by atoms with Crippen molar-refractivity contribution in [1.82, 2.24) is 20.5 Å². The molecule has 8 heteroatoms. The van der Waals surface area contributed by atoms with Gasteiger partial charge in [0.25, 0.3) is 5.91 Å². The van der Waals surface area contributed by atoms with Crippen molar-refractivity contribution in [2.45, 2.75) is 63.8 Å². The molecule has 0 bridgehead atoms. The van der Waals surface area contributed by atoms with E-state index in [1.54, 1.807) is 4.90 Å². The molecule has 6 rings (SSSR count). The highest BCUT2D eigenvalue weighted by atomic mass is 16.5. The van der Waals surface area contributed by atoms with Crippen molar-refractivity contribution < 1.29 is 19.1 Å². The molecule has 3 aliphatic rings. The number of fused-ring (bicyclic) bond motifs is 7. The molecule has 3 N–H and O–H groups in total. The van der Waals surface area contributed by atoms with E-state index in [2.05, 4.69) is 21.7 Å². The van der Waals surface area contributed by atoms with E-state index in [0.29, 0.717) is 18.5 Å². The quantitative estimate of drug-likeness (QED) is 0.449. The van der Waals surface area contributed by atoms with E-state index in [-0.39, 0.29) is 35.8 Å². The van der Waals surface area contributed by atoms with Crippen LogP contribution in [0.25, 0.3) is 10.9 Å². The summed E-state index contributed by atoms with van der Waals surface area (Å²) in [5, 5.41) is 7.10. The van der Waals surface area contributed by atoms with E-state index < -0.39 is 12.1 Å². The molecule has 0 aliphatic carbocycles. The van der Waals surface area contributed by atoms with Crippen molar-refractivity contribution in [1.29, 1.82) is 0 Å². The Morgan fingerprint density at radius 1 is 1.16 bits per heavy atom. The van der Waals surface area contributed by atoms with Crippen molar-refractivity contribution in [3.8, 4) is 0 Å². The fourth-order valence-corrected chi connectivity index (χ4v) is 6.22. The number of benzene rings is 2. The van der Waals surface area contributed by atoms with Crippen LogP contribution in [0.1, 0.15) is 66.3 Å². The van der Waals surface area contributed by atoms with Crippen LogP contribution in [0.2, 0.25) is 0 Å². The predicted octanol–water partition coefficient (Wildman–Crippen LogP) is 3.46. The van der Waals surface area contributed by atoms with Gasteiger partial charge >= 0.3 is 0 Å². The first-order chi connectivity index (χ1) is 18.5. The number of H-pyrrole nitrogens is 1. The first-order valence-corrected chi connectivity index (χ1v) is 13.7. The molecule has 1 aromatic heterocycles. The third-order valence-corrected chi connectivity index (χ3v) is 8.48. The SMILES string of the molecule is CC[C@H](C)[C@H](NC(=O)[C@@H]1Cc2c([nH]c3ccccc23)[C@@H]2c3ccccc3C(=O)N21)C(=O)NC[C@H]1CCCO1. The average molecular weight is 515 g/mol. The molecule has 5 atom stereocenters. The molecular formula is C30H34N4O4. The van der Waals surface area contributed by atoms with Crippen LogP contribution in [0.5, 0.6) is 0 Å². The fraction of sp³-hybridized carbons (Fsp3) is 0.433. The minimum Gasteiger partial charge on any atom is -0.376 e. The van der Waals surface area contributed by atoms with Crippen LogP contribution in [0.3, 0.4) is 0 Å². The second-order valence-corrected chi connectivity index (χ2v) is 10.7. The molecule has 1 fully saturated rings. The molecule has 4 heterocycles. The molecule has 1 saturated heterocycles. The van der Waals surface area contributed by atoms with Crippen LogP contribution in [0, 0.1) is 5.92 Å². The maximum atomic E-state index is 14.0. The summed E-state index contributed by atoms with van der Waals surface area (Å²) in [6.45, 7) is 5.13. The number of nitrogens with zero attached hydrogens (tertiary/aromatic N) is 1. The number of para-hydroxylation sites is 1. The first-order valence-electron chi connectivity index (χ1n) is 13.7. The third-order valence-electron chi connectivity index (χ3n) is 8.48. The summed E-state index contributed by atoms with van der Waals surface area (Å²) in [5.74, 6) is -0.736. The van der Waals surface area contributed by atoms with Gasteiger partial charge in [-0.15, -0.1) is 0 Å². The Bertz CT molecular complexity index is 1390. The van der Waals surface area contributed by atoms with Crippen LogP contribution >= 0.6 is 0 Å². The number of aromatic nitrogens is 1. The zero-order valence-electron chi connectivity index (χ0n) is 21.8. The largest absolute Gasteiger partial charge is 0.376 e. The normalized spacial score (nSPS) is 23.5. The topological polar surface area (TPSA) is 104 Å². The highest BCUT2D eigenvalue weighted by molar-refractivity contribution is 6.04. The van der Waals surface area contributed by atoms with Gasteiger partial charge in [-0.2, -0.15) is 0 Å². The lowest BCUT2D eigenvalue weighted by Gasteiger charge is -2.38. The van der Waals surface area contributed by atoms with Crippen LogP contribution in [-0.4, -0.2) is 58.9 Å². The molecule has 3 aliphatic heterocycles. The molecule has 8 nitrogen and oxygen atoms in total. The summed E-state index contributed by atoms with van der Waals surface area (Å²) in [5.41, 5.74) is 4.52. The van der Waals surface area contributed by atoms with E-state index in [1.165, 1.54) is 0 Å². The van der Waals surface area contributed by atoms with Gasteiger partial charge in [0.05, 0.1) is 12.1 Å². The minimum atomic E-state index is -0.732. The van der Waals surface area contributed by atoms with Gasteiger partial charge in [-0.25, -0.2) is 0 Å². The first kappa shape index (κ1) is 24.7. The standard InChI is InChI=1S/C30H34N4O4/c1-3-17(2)25(29(36)31-16-18-9-8-14-38-18)33-28(35)24-15-22-19-10-6-7-13-23(19)32-26(22)27-20-11-4-5-12-21(20)30(37)34(24)27/h4-7,10-13,17-18,24-25,27,32H,3,8-9,14-16H2,1-2H3,(H,31,36)(H,33,35)/t17-,18+,24-,25-,27-/m0/s1. The lowest BCUT2D eigenvalue weighted by atomic mass is 9.89. The van der Waals surface area contributed by atoms with Crippen molar-refractivity contribution in [2.24, 2.45) is 5.92 Å². The Morgan fingerprint density at radius 2 is 1.95 bits per heavy atom. The van der Waals surface area contributed by atoms with E-state index in [0.717, 1.165) is 53.6 Å². The molecule has 0 radical (unpaired) electrons. The average Bonchev–Trinajstić information content (AvgIpc) is 3.66. The molecule has 38 heavy (non-hydrogen) atoms. The molecular weight excluding hydrogens is 480 g/mol. The number of hydrogen-bond acceptors (Lipinski definition) is 4. The van der Waals surface area contributed by atoms with Crippen LogP contribution in [0.4, 0.5) is 0 Å². The van der Waals surface area contributed by atoms with Crippen LogP contribution < -0.4 is 10.6 Å². The molecule has 0 unspecified atom stereocenters. The molecule has 3 amide bonds. The number of rotatable bonds is 7. The fourth-order valence-electron chi connectivity index (χ4n) is 6.22. The number of aromatic amines is 1. The second-order valence-electron chi connectivity index (χ2n) is 10.7. The smallest absolute Gasteiger partial charge is 0.255 e. The van der Waals surface area contributed by atoms with E-state index in [4.69, 9.17) is 4.74 Å². The Labute approximate surface area is 222 Å². The Kier molecular flexibility index (Phi) is 6.43. The van der Waals surface area contributed by atoms with Crippen molar-refractivity contribution in [3.05, 3.63) is 70.9 Å². The lowest BCUT2D eigenvalue weighted by Crippen LogP contribution is -2.58. The van der Waals surface area contributed by atoms with Gasteiger partial charge in [0.15, 0.2) is 0 Å². The molecule has 3 aromatic rings. The number of hydrogen-bond donors (Lipinski definition) is 3. The maximum Gasteiger partial charge on any atom is 0.255 e. The minimum absolute atomic E-state index is 0.0207. The van der Waals surface area contributed by atoms with Gasteiger partial charge in [0.1, 0.15) is 12.1 Å². The van der Waals surface area contributed by atoms with Crippen molar-refractivity contribution in [3.63, 3.8) is 0 Å². The second kappa shape index (κ2) is 9.91. The molecule has 0 spiro atoms. The molecule has 198 valence electrons. The van der Waals surface area contributed by atoms with Gasteiger partial charge < -0.3 is 25.3 Å². The van der Waals surface area contributed by atoms with Crippen molar-refractivity contribution in [2.75, 3.05) is 13.2 Å². The lowest BCUT2D eigenvalue weighted by molar-refractivity contribution is -0.133. The summed E-state index contributed by atoms with van der Waals surface area (Å²) in [7, 11) is 0. The van der Waals surface area contributed by atoms with E-state index in [1.807, 2.05) is 56.3 Å². The maximum absolute atomic E-state index is 14.0. The Morgan fingerprint density at radius 3 is 2.74 bits per heavy atom. The van der Waals surface area contributed by atoms with Crippen LogP contribution in [0.15, 0.2) is 48.5 Å². The van der Waals surface area contributed by atoms with Gasteiger partial charge in [0, 0.05) is 41.7 Å². The highest BCUT2D eigenvalue weighted by Crippen LogP contribution is 2.46.